The number of benzene rings is 1. The predicted octanol–water partition coefficient (Wildman–Crippen LogP) is 2.55. The Morgan fingerprint density at radius 1 is 0.824 bits per heavy atom. The lowest BCUT2D eigenvalue weighted by atomic mass is 10.0. The lowest BCUT2D eigenvalue weighted by Crippen LogP contribution is -2.12. The van der Waals surface area contributed by atoms with E-state index in [1.165, 1.54) is 16.7 Å². The van der Waals surface area contributed by atoms with Gasteiger partial charge >= 0.3 is 0 Å². The van der Waals surface area contributed by atoms with Crippen LogP contribution in [0.5, 0.6) is 0 Å². The second-order valence-corrected chi connectivity index (χ2v) is 4.03. The van der Waals surface area contributed by atoms with Crippen LogP contribution in [0.3, 0.4) is 0 Å². The highest BCUT2D eigenvalue weighted by molar-refractivity contribution is 5.29. The first-order valence-corrected chi connectivity index (χ1v) is 6.65. The highest BCUT2D eigenvalue weighted by Crippen LogP contribution is 2.10. The van der Waals surface area contributed by atoms with Crippen LogP contribution in [0.15, 0.2) is 18.2 Å². The summed E-state index contributed by atoms with van der Waals surface area (Å²) in [6, 6.07) is 6.88. The molecule has 0 spiro atoms. The van der Waals surface area contributed by atoms with E-state index in [0.29, 0.717) is 0 Å². The number of likely N-dealkylation sites (N-methyl/N-ethyl adjacent to an activating group) is 2. The summed E-state index contributed by atoms with van der Waals surface area (Å²) >= 11 is 0. The van der Waals surface area contributed by atoms with Crippen molar-refractivity contribution in [3.05, 3.63) is 34.9 Å². The van der Waals surface area contributed by atoms with Gasteiger partial charge in [0.1, 0.15) is 0 Å². The summed E-state index contributed by atoms with van der Waals surface area (Å²) in [6.07, 6.45) is 2.23. The molecule has 0 aliphatic heterocycles. The molecule has 0 heterocycles. The maximum atomic E-state index is 3.19. The Labute approximate surface area is 107 Å². The zero-order valence-electron chi connectivity index (χ0n) is 12.1. The van der Waals surface area contributed by atoms with E-state index >= 15 is 0 Å². The smallest absolute Gasteiger partial charge is 0.00114 e. The molecule has 2 heteroatoms. The van der Waals surface area contributed by atoms with E-state index in [9.17, 15) is 0 Å². The molecule has 1 rings (SSSR count). The average Bonchev–Trinajstić information content (AvgIpc) is 2.36. The molecule has 0 unspecified atom stereocenters. The van der Waals surface area contributed by atoms with Gasteiger partial charge in [-0.1, -0.05) is 37.6 Å². The Morgan fingerprint density at radius 3 is 1.59 bits per heavy atom. The van der Waals surface area contributed by atoms with Crippen LogP contribution in [0.2, 0.25) is 0 Å². The topological polar surface area (TPSA) is 24.1 Å². The minimum Gasteiger partial charge on any atom is -0.319 e. The maximum Gasteiger partial charge on any atom is -0.00114 e. The third kappa shape index (κ3) is 7.14. The lowest BCUT2D eigenvalue weighted by molar-refractivity contribution is 0.779. The minimum atomic E-state index is 1.05. The highest BCUT2D eigenvalue weighted by atomic mass is 14.8. The van der Waals surface area contributed by atoms with Crippen molar-refractivity contribution in [1.82, 2.24) is 10.6 Å². The Bertz CT molecular complexity index is 269. The van der Waals surface area contributed by atoms with Gasteiger partial charge in [-0.15, -0.1) is 0 Å². The standard InChI is InChI=1S/C13H22N2.C2H6/c1-11-8-12(4-6-14-2)10-13(9-11)5-7-15-3;1-2/h8-10,14-15H,4-7H2,1-3H3;1-2H3. The Balaban J connectivity index is 0.00000121. The molecular weight excluding hydrogens is 208 g/mol. The van der Waals surface area contributed by atoms with Gasteiger partial charge in [0.05, 0.1) is 0 Å². The molecular formula is C15H28N2. The maximum absolute atomic E-state index is 3.19. The van der Waals surface area contributed by atoms with Gasteiger partial charge in [0, 0.05) is 0 Å². The summed E-state index contributed by atoms with van der Waals surface area (Å²) in [5, 5.41) is 6.37. The monoisotopic (exact) mass is 236 g/mol. The summed E-state index contributed by atoms with van der Waals surface area (Å²) in [6.45, 7) is 8.27. The van der Waals surface area contributed by atoms with Crippen LogP contribution in [-0.4, -0.2) is 27.2 Å². The van der Waals surface area contributed by atoms with Gasteiger partial charge in [0.2, 0.25) is 0 Å². The highest BCUT2D eigenvalue weighted by Gasteiger charge is 1.98. The summed E-state index contributed by atoms with van der Waals surface area (Å²) < 4.78 is 0. The quantitative estimate of drug-likeness (QED) is 0.793. The van der Waals surface area contributed by atoms with Crippen molar-refractivity contribution in [1.29, 1.82) is 0 Å². The molecule has 0 saturated carbocycles. The number of hydrogen-bond donors (Lipinski definition) is 2. The molecule has 0 bridgehead atoms. The molecule has 0 fully saturated rings. The second-order valence-electron chi connectivity index (χ2n) is 4.03. The Kier molecular flexibility index (Phi) is 9.78. The van der Waals surface area contributed by atoms with E-state index in [1.807, 2.05) is 27.9 Å². The van der Waals surface area contributed by atoms with Gasteiger partial charge in [-0.25, -0.2) is 0 Å². The largest absolute Gasteiger partial charge is 0.319 e. The molecule has 17 heavy (non-hydrogen) atoms. The summed E-state index contributed by atoms with van der Waals surface area (Å²) in [4.78, 5) is 0. The van der Waals surface area contributed by atoms with Crippen molar-refractivity contribution in [3.63, 3.8) is 0 Å². The van der Waals surface area contributed by atoms with Crippen molar-refractivity contribution >= 4 is 0 Å². The average molecular weight is 236 g/mol. The van der Waals surface area contributed by atoms with Gasteiger partial charge in [-0.2, -0.15) is 0 Å². The number of hydrogen-bond acceptors (Lipinski definition) is 2. The van der Waals surface area contributed by atoms with Crippen LogP contribution in [0.25, 0.3) is 0 Å². The molecule has 1 aromatic carbocycles. The summed E-state index contributed by atoms with van der Waals surface area (Å²) in [5.74, 6) is 0. The molecule has 0 aliphatic carbocycles. The van der Waals surface area contributed by atoms with Crippen molar-refractivity contribution < 1.29 is 0 Å². The number of aryl methyl sites for hydroxylation is 1. The molecule has 2 N–H and O–H groups in total. The van der Waals surface area contributed by atoms with E-state index in [0.717, 1.165) is 25.9 Å². The van der Waals surface area contributed by atoms with E-state index in [4.69, 9.17) is 0 Å². The van der Waals surface area contributed by atoms with Crippen molar-refractivity contribution in [2.24, 2.45) is 0 Å². The third-order valence-electron chi connectivity index (χ3n) is 2.52. The molecule has 98 valence electrons. The predicted molar refractivity (Wildman–Crippen MR) is 77.8 cm³/mol. The zero-order chi connectivity index (χ0) is 13.1. The van der Waals surface area contributed by atoms with Crippen molar-refractivity contribution in [3.8, 4) is 0 Å². The first-order chi connectivity index (χ1) is 8.26. The number of rotatable bonds is 6. The summed E-state index contributed by atoms with van der Waals surface area (Å²) in [7, 11) is 4.00. The van der Waals surface area contributed by atoms with Gasteiger partial charge in [0.25, 0.3) is 0 Å². The van der Waals surface area contributed by atoms with E-state index < -0.39 is 0 Å². The van der Waals surface area contributed by atoms with Crippen LogP contribution in [0.1, 0.15) is 30.5 Å². The fourth-order valence-corrected chi connectivity index (χ4v) is 1.78. The fourth-order valence-electron chi connectivity index (χ4n) is 1.78. The minimum absolute atomic E-state index is 1.05. The van der Waals surface area contributed by atoms with Crippen LogP contribution in [0, 0.1) is 6.92 Å². The second kappa shape index (κ2) is 10.3. The normalized spacial score (nSPS) is 9.71. The van der Waals surface area contributed by atoms with E-state index in [2.05, 4.69) is 35.8 Å². The SMILES string of the molecule is CC.CNCCc1cc(C)cc(CCNC)c1. The number of nitrogens with one attached hydrogen (secondary N) is 2. The van der Waals surface area contributed by atoms with Crippen LogP contribution in [-0.2, 0) is 12.8 Å². The van der Waals surface area contributed by atoms with Crippen molar-refractivity contribution in [2.75, 3.05) is 27.2 Å². The zero-order valence-corrected chi connectivity index (χ0v) is 12.1. The first-order valence-electron chi connectivity index (χ1n) is 6.65. The molecule has 0 aromatic heterocycles. The Hall–Kier alpha value is -0.860. The molecule has 2 nitrogen and oxygen atoms in total. The molecule has 0 aliphatic rings. The molecule has 0 amide bonds. The third-order valence-corrected chi connectivity index (χ3v) is 2.52. The summed E-state index contributed by atoms with van der Waals surface area (Å²) in [5.41, 5.74) is 4.25. The molecule has 0 radical (unpaired) electrons. The molecule has 0 atom stereocenters. The van der Waals surface area contributed by atoms with Gasteiger partial charge < -0.3 is 10.6 Å². The fraction of sp³-hybridized carbons (Fsp3) is 0.600. The van der Waals surface area contributed by atoms with Gasteiger partial charge in [-0.3, -0.25) is 0 Å². The lowest BCUT2D eigenvalue weighted by Gasteiger charge is -2.07. The van der Waals surface area contributed by atoms with Crippen molar-refractivity contribution in [2.45, 2.75) is 33.6 Å². The van der Waals surface area contributed by atoms with Crippen LogP contribution in [0.4, 0.5) is 0 Å². The molecule has 0 saturated heterocycles. The van der Waals surface area contributed by atoms with E-state index in [1.54, 1.807) is 0 Å². The first kappa shape index (κ1) is 16.1. The van der Waals surface area contributed by atoms with Crippen LogP contribution >= 0.6 is 0 Å². The molecule has 1 aromatic rings. The van der Waals surface area contributed by atoms with Gasteiger partial charge in [0.15, 0.2) is 0 Å². The van der Waals surface area contributed by atoms with Gasteiger partial charge in [-0.05, 0) is 58.1 Å². The van der Waals surface area contributed by atoms with Crippen LogP contribution < -0.4 is 10.6 Å². The Morgan fingerprint density at radius 2 is 1.24 bits per heavy atom. The van der Waals surface area contributed by atoms with E-state index in [-0.39, 0.29) is 0 Å².